The van der Waals surface area contributed by atoms with Crippen molar-refractivity contribution in [3.8, 4) is 0 Å². The van der Waals surface area contributed by atoms with Gasteiger partial charge < -0.3 is 10.3 Å². The molecule has 1 saturated heterocycles. The van der Waals surface area contributed by atoms with Crippen LogP contribution in [0.2, 0.25) is 0 Å². The SMILES string of the molecule is O=C1NC(Cc2c[nH]c3ccccc23)C(=O)N1Cc1cccc(F)c1F. The first-order valence-corrected chi connectivity index (χ1v) is 8.14. The van der Waals surface area contributed by atoms with E-state index in [1.54, 1.807) is 6.20 Å². The van der Waals surface area contributed by atoms with Crippen LogP contribution in [-0.2, 0) is 17.8 Å². The number of H-pyrrole nitrogens is 1. The summed E-state index contributed by atoms with van der Waals surface area (Å²) < 4.78 is 27.2. The zero-order valence-electron chi connectivity index (χ0n) is 13.6. The fraction of sp³-hybridized carbons (Fsp3) is 0.158. The van der Waals surface area contributed by atoms with E-state index < -0.39 is 29.6 Å². The van der Waals surface area contributed by atoms with Gasteiger partial charge in [-0.3, -0.25) is 9.69 Å². The van der Waals surface area contributed by atoms with E-state index in [0.29, 0.717) is 6.42 Å². The minimum absolute atomic E-state index is 0.0405. The molecule has 0 spiro atoms. The number of amides is 3. The minimum atomic E-state index is -1.05. The number of fused-ring (bicyclic) bond motifs is 1. The molecular formula is C19H15F2N3O2. The summed E-state index contributed by atoms with van der Waals surface area (Å²) in [4.78, 5) is 28.8. The van der Waals surface area contributed by atoms with Crippen molar-refractivity contribution < 1.29 is 18.4 Å². The molecule has 1 unspecified atom stereocenters. The Bertz CT molecular complexity index is 1010. The maximum Gasteiger partial charge on any atom is 0.325 e. The van der Waals surface area contributed by atoms with Crippen LogP contribution < -0.4 is 5.32 Å². The number of nitrogens with zero attached hydrogens (tertiary/aromatic N) is 1. The summed E-state index contributed by atoms with van der Waals surface area (Å²) in [5.41, 5.74) is 1.80. The van der Waals surface area contributed by atoms with Crippen molar-refractivity contribution in [1.82, 2.24) is 15.2 Å². The fourth-order valence-corrected chi connectivity index (χ4v) is 3.23. The number of aromatic nitrogens is 1. The molecule has 1 aliphatic heterocycles. The van der Waals surface area contributed by atoms with Gasteiger partial charge in [-0.25, -0.2) is 13.6 Å². The lowest BCUT2D eigenvalue weighted by Crippen LogP contribution is -2.32. The average Bonchev–Trinajstić information content (AvgIpc) is 3.15. The number of nitrogens with one attached hydrogen (secondary N) is 2. The first-order chi connectivity index (χ1) is 12.5. The van der Waals surface area contributed by atoms with Crippen LogP contribution in [-0.4, -0.2) is 27.9 Å². The third-order valence-corrected chi connectivity index (χ3v) is 4.57. The highest BCUT2D eigenvalue weighted by Gasteiger charge is 2.38. The quantitative estimate of drug-likeness (QED) is 0.707. The summed E-state index contributed by atoms with van der Waals surface area (Å²) in [6.07, 6.45) is 2.12. The summed E-state index contributed by atoms with van der Waals surface area (Å²) in [5, 5.41) is 3.59. The van der Waals surface area contributed by atoms with E-state index in [-0.39, 0.29) is 12.1 Å². The van der Waals surface area contributed by atoms with Gasteiger partial charge in [0.25, 0.3) is 5.91 Å². The molecule has 1 aromatic heterocycles. The molecule has 2 aromatic carbocycles. The Morgan fingerprint density at radius 1 is 1.00 bits per heavy atom. The molecule has 7 heteroatoms. The standard InChI is InChI=1S/C19H15F2N3O2/c20-14-6-3-4-11(17(14)21)10-24-18(25)16(23-19(24)26)8-12-9-22-15-7-2-1-5-13(12)15/h1-7,9,16,22H,8,10H2,(H,23,26). The lowest BCUT2D eigenvalue weighted by atomic mass is 10.0. The first kappa shape index (κ1) is 16.3. The van der Waals surface area contributed by atoms with Crippen molar-refractivity contribution in [2.75, 3.05) is 0 Å². The Morgan fingerprint density at radius 3 is 2.65 bits per heavy atom. The van der Waals surface area contributed by atoms with Crippen molar-refractivity contribution in [1.29, 1.82) is 0 Å². The summed E-state index contributed by atoms with van der Waals surface area (Å²) in [5.74, 6) is -2.51. The number of carbonyl (C=O) groups is 2. The second-order valence-corrected chi connectivity index (χ2v) is 6.20. The first-order valence-electron chi connectivity index (χ1n) is 8.14. The molecule has 1 atom stereocenters. The van der Waals surface area contributed by atoms with E-state index in [9.17, 15) is 18.4 Å². The van der Waals surface area contributed by atoms with E-state index in [1.165, 1.54) is 12.1 Å². The molecule has 5 nitrogen and oxygen atoms in total. The van der Waals surface area contributed by atoms with Gasteiger partial charge in [-0.05, 0) is 17.7 Å². The van der Waals surface area contributed by atoms with Crippen LogP contribution >= 0.6 is 0 Å². The van der Waals surface area contributed by atoms with Crippen LogP contribution in [0.1, 0.15) is 11.1 Å². The van der Waals surface area contributed by atoms with E-state index in [1.807, 2.05) is 24.3 Å². The number of aromatic amines is 1. The largest absolute Gasteiger partial charge is 0.361 e. The lowest BCUT2D eigenvalue weighted by molar-refractivity contribution is -0.127. The molecule has 132 valence electrons. The van der Waals surface area contributed by atoms with Gasteiger partial charge in [0.05, 0.1) is 6.54 Å². The number of benzene rings is 2. The van der Waals surface area contributed by atoms with Crippen molar-refractivity contribution in [2.24, 2.45) is 0 Å². The summed E-state index contributed by atoms with van der Waals surface area (Å²) in [6.45, 7) is -0.307. The maximum absolute atomic E-state index is 13.8. The lowest BCUT2D eigenvalue weighted by Gasteiger charge is -2.13. The van der Waals surface area contributed by atoms with Crippen molar-refractivity contribution in [2.45, 2.75) is 19.0 Å². The highest BCUT2D eigenvalue weighted by molar-refractivity contribution is 6.04. The van der Waals surface area contributed by atoms with Gasteiger partial charge in [-0.1, -0.05) is 30.3 Å². The van der Waals surface area contributed by atoms with Crippen molar-refractivity contribution in [3.05, 3.63) is 71.4 Å². The van der Waals surface area contributed by atoms with Crippen molar-refractivity contribution >= 4 is 22.8 Å². The molecule has 2 N–H and O–H groups in total. The van der Waals surface area contributed by atoms with E-state index in [2.05, 4.69) is 10.3 Å². The van der Waals surface area contributed by atoms with E-state index in [0.717, 1.165) is 27.4 Å². The summed E-state index contributed by atoms with van der Waals surface area (Å²) >= 11 is 0. The number of hydrogen-bond acceptors (Lipinski definition) is 2. The molecule has 0 bridgehead atoms. The molecule has 3 amide bonds. The Balaban J connectivity index is 1.54. The number of imide groups is 1. The Labute approximate surface area is 147 Å². The predicted molar refractivity (Wildman–Crippen MR) is 91.2 cm³/mol. The zero-order valence-corrected chi connectivity index (χ0v) is 13.6. The molecule has 0 radical (unpaired) electrons. The molecule has 3 aromatic rings. The van der Waals surface area contributed by atoms with Crippen LogP contribution in [0.4, 0.5) is 13.6 Å². The molecule has 1 aliphatic rings. The Kier molecular flexibility index (Phi) is 3.91. The maximum atomic E-state index is 13.8. The Hall–Kier alpha value is -3.22. The third kappa shape index (κ3) is 2.71. The van der Waals surface area contributed by atoms with Gasteiger partial charge in [-0.2, -0.15) is 0 Å². The number of halogens is 2. The molecule has 2 heterocycles. The molecule has 0 aliphatic carbocycles. The second kappa shape index (κ2) is 6.25. The van der Waals surface area contributed by atoms with E-state index >= 15 is 0 Å². The summed E-state index contributed by atoms with van der Waals surface area (Å²) in [6, 6.07) is 10.00. The second-order valence-electron chi connectivity index (χ2n) is 6.20. The smallest absolute Gasteiger partial charge is 0.325 e. The van der Waals surface area contributed by atoms with Gasteiger partial charge in [0, 0.05) is 29.1 Å². The molecule has 0 saturated carbocycles. The number of rotatable bonds is 4. The molecule has 26 heavy (non-hydrogen) atoms. The van der Waals surface area contributed by atoms with Crippen LogP contribution in [0.25, 0.3) is 10.9 Å². The highest BCUT2D eigenvalue weighted by atomic mass is 19.2. The van der Waals surface area contributed by atoms with Gasteiger partial charge in [0.1, 0.15) is 6.04 Å². The van der Waals surface area contributed by atoms with E-state index in [4.69, 9.17) is 0 Å². The van der Waals surface area contributed by atoms with Crippen molar-refractivity contribution in [3.63, 3.8) is 0 Å². The van der Waals surface area contributed by atoms with Crippen LogP contribution in [0, 0.1) is 11.6 Å². The third-order valence-electron chi connectivity index (χ3n) is 4.57. The molecule has 1 fully saturated rings. The van der Waals surface area contributed by atoms with Crippen LogP contribution in [0.3, 0.4) is 0 Å². The van der Waals surface area contributed by atoms with Gasteiger partial charge in [0.15, 0.2) is 11.6 Å². The topological polar surface area (TPSA) is 65.2 Å². The fourth-order valence-electron chi connectivity index (χ4n) is 3.23. The Morgan fingerprint density at radius 2 is 1.81 bits per heavy atom. The van der Waals surface area contributed by atoms with Gasteiger partial charge in [-0.15, -0.1) is 0 Å². The summed E-state index contributed by atoms with van der Waals surface area (Å²) in [7, 11) is 0. The van der Waals surface area contributed by atoms with Crippen LogP contribution in [0.5, 0.6) is 0 Å². The predicted octanol–water partition coefficient (Wildman–Crippen LogP) is 3.11. The molecule has 4 rings (SSSR count). The normalized spacial score (nSPS) is 17.2. The molecular weight excluding hydrogens is 340 g/mol. The number of hydrogen-bond donors (Lipinski definition) is 2. The monoisotopic (exact) mass is 355 g/mol. The zero-order chi connectivity index (χ0) is 18.3. The number of carbonyl (C=O) groups excluding carboxylic acids is 2. The van der Waals surface area contributed by atoms with Gasteiger partial charge in [0.2, 0.25) is 0 Å². The number of para-hydroxylation sites is 1. The minimum Gasteiger partial charge on any atom is -0.361 e. The highest BCUT2D eigenvalue weighted by Crippen LogP contribution is 2.22. The van der Waals surface area contributed by atoms with Crippen LogP contribution in [0.15, 0.2) is 48.7 Å². The number of urea groups is 1. The average molecular weight is 355 g/mol. The van der Waals surface area contributed by atoms with Gasteiger partial charge >= 0.3 is 6.03 Å².